The number of thiazole rings is 1. The fraction of sp³-hybridized carbons (Fsp3) is 0. The first-order valence-corrected chi connectivity index (χ1v) is 3.81. The molecule has 0 aliphatic heterocycles. The molecule has 2 aromatic heterocycles. The van der Waals surface area contributed by atoms with Crippen LogP contribution in [-0.4, -0.2) is 4.40 Å². The van der Waals surface area contributed by atoms with Gasteiger partial charge in [-0.15, -0.1) is 11.3 Å². The third-order valence-electron chi connectivity index (χ3n) is 1.35. The Hall–Kier alpha value is -1.09. The van der Waals surface area contributed by atoms with E-state index < -0.39 is 0 Å². The minimum atomic E-state index is 0.0405. The van der Waals surface area contributed by atoms with Crippen LogP contribution in [0, 0.1) is 0 Å². The first-order chi connectivity index (χ1) is 4.88. The molecule has 0 aromatic carbocycles. The smallest absolute Gasteiger partial charge is 0.255 e. The maximum atomic E-state index is 11.0. The Morgan fingerprint density at radius 3 is 3.10 bits per heavy atom. The molecule has 0 radical (unpaired) electrons. The van der Waals surface area contributed by atoms with Gasteiger partial charge in [-0.25, -0.2) is 0 Å². The van der Waals surface area contributed by atoms with Crippen LogP contribution >= 0.6 is 11.3 Å². The van der Waals surface area contributed by atoms with Gasteiger partial charge in [0.25, 0.3) is 5.56 Å². The summed E-state index contributed by atoms with van der Waals surface area (Å²) in [6.07, 6.45) is 1.78. The zero-order chi connectivity index (χ0) is 6.97. The van der Waals surface area contributed by atoms with Crippen molar-refractivity contribution in [2.24, 2.45) is 0 Å². The average Bonchev–Trinajstić information content (AvgIpc) is 2.36. The maximum absolute atomic E-state index is 11.0. The molecule has 0 saturated heterocycles. The predicted octanol–water partition coefficient (Wildman–Crippen LogP) is 1.36. The van der Waals surface area contributed by atoms with Gasteiger partial charge in [0.2, 0.25) is 0 Å². The van der Waals surface area contributed by atoms with Gasteiger partial charge in [-0.2, -0.15) is 0 Å². The van der Waals surface area contributed by atoms with Crippen LogP contribution in [0.3, 0.4) is 0 Å². The number of aromatic nitrogens is 1. The van der Waals surface area contributed by atoms with Gasteiger partial charge < -0.3 is 0 Å². The number of hydrogen-bond acceptors (Lipinski definition) is 2. The summed E-state index contributed by atoms with van der Waals surface area (Å²) in [5, 5.41) is 1.90. The number of nitrogens with zero attached hydrogens (tertiary/aromatic N) is 1. The Morgan fingerprint density at radius 2 is 2.30 bits per heavy atom. The number of hydrogen-bond donors (Lipinski definition) is 0. The number of fused-ring (bicyclic) bond motifs is 1. The van der Waals surface area contributed by atoms with Gasteiger partial charge in [-0.1, -0.05) is 6.07 Å². The SMILES string of the molecule is O=c1cccc2sccn12. The Kier molecular flexibility index (Phi) is 1.11. The molecule has 0 fully saturated rings. The lowest BCUT2D eigenvalue weighted by Gasteiger charge is -1.86. The van der Waals surface area contributed by atoms with Crippen LogP contribution in [0.25, 0.3) is 4.83 Å². The average molecular weight is 151 g/mol. The van der Waals surface area contributed by atoms with Crippen LogP contribution in [0.15, 0.2) is 34.6 Å². The predicted molar refractivity (Wildman–Crippen MR) is 41.5 cm³/mol. The molecule has 0 amide bonds. The highest BCUT2D eigenvalue weighted by Crippen LogP contribution is 2.06. The van der Waals surface area contributed by atoms with E-state index in [0.29, 0.717) is 0 Å². The molecular formula is C7H5NOS. The number of pyridine rings is 1. The molecule has 0 atom stereocenters. The van der Waals surface area contributed by atoms with E-state index in [0.717, 1.165) is 4.83 Å². The van der Waals surface area contributed by atoms with Gasteiger partial charge in [0, 0.05) is 17.6 Å². The monoisotopic (exact) mass is 151 g/mol. The molecule has 0 aliphatic carbocycles. The second kappa shape index (κ2) is 1.95. The maximum Gasteiger partial charge on any atom is 0.255 e. The molecular weight excluding hydrogens is 146 g/mol. The molecule has 0 saturated carbocycles. The van der Waals surface area contributed by atoms with Crippen LogP contribution in [0.1, 0.15) is 0 Å². The van der Waals surface area contributed by atoms with E-state index in [4.69, 9.17) is 0 Å². The lowest BCUT2D eigenvalue weighted by molar-refractivity contribution is 1.13. The van der Waals surface area contributed by atoms with E-state index in [1.54, 1.807) is 34.1 Å². The Bertz CT molecular complexity index is 401. The third-order valence-corrected chi connectivity index (χ3v) is 2.18. The van der Waals surface area contributed by atoms with Crippen molar-refractivity contribution in [1.29, 1.82) is 0 Å². The Morgan fingerprint density at radius 1 is 1.40 bits per heavy atom. The largest absolute Gasteiger partial charge is 0.274 e. The minimum absolute atomic E-state index is 0.0405. The molecule has 0 aliphatic rings. The van der Waals surface area contributed by atoms with Crippen LogP contribution in [0.5, 0.6) is 0 Å². The highest BCUT2D eigenvalue weighted by Gasteiger charge is 1.91. The van der Waals surface area contributed by atoms with E-state index in [1.165, 1.54) is 0 Å². The molecule has 0 bridgehead atoms. The summed E-state index contributed by atoms with van der Waals surface area (Å²) in [6, 6.07) is 5.25. The van der Waals surface area contributed by atoms with Crippen LogP contribution in [0.4, 0.5) is 0 Å². The van der Waals surface area contributed by atoms with E-state index in [1.807, 2.05) is 11.4 Å². The molecule has 2 aromatic rings. The molecule has 2 rings (SSSR count). The Balaban J connectivity index is 3.09. The van der Waals surface area contributed by atoms with Crippen LogP contribution in [0.2, 0.25) is 0 Å². The second-order valence-electron chi connectivity index (χ2n) is 1.98. The summed E-state index contributed by atoms with van der Waals surface area (Å²) in [5.74, 6) is 0. The minimum Gasteiger partial charge on any atom is -0.274 e. The van der Waals surface area contributed by atoms with Gasteiger partial charge in [-0.05, 0) is 6.07 Å². The lowest BCUT2D eigenvalue weighted by Crippen LogP contribution is -2.07. The molecule has 2 nitrogen and oxygen atoms in total. The zero-order valence-corrected chi connectivity index (χ0v) is 5.97. The van der Waals surface area contributed by atoms with Gasteiger partial charge in [0.15, 0.2) is 0 Å². The topological polar surface area (TPSA) is 21.5 Å². The van der Waals surface area contributed by atoms with Crippen molar-refractivity contribution in [2.75, 3.05) is 0 Å². The van der Waals surface area contributed by atoms with Gasteiger partial charge in [0.1, 0.15) is 4.83 Å². The van der Waals surface area contributed by atoms with E-state index >= 15 is 0 Å². The summed E-state index contributed by atoms with van der Waals surface area (Å²) in [5.41, 5.74) is 0.0405. The molecule has 0 N–H and O–H groups in total. The normalized spacial score (nSPS) is 10.4. The van der Waals surface area contributed by atoms with Crippen molar-refractivity contribution in [3.8, 4) is 0 Å². The standard InChI is InChI=1S/C7H5NOS/c9-6-2-1-3-7-8(6)4-5-10-7/h1-5H. The summed E-state index contributed by atoms with van der Waals surface area (Å²) in [4.78, 5) is 12.0. The molecule has 0 spiro atoms. The third kappa shape index (κ3) is 0.675. The Labute approximate surface area is 61.4 Å². The first-order valence-electron chi connectivity index (χ1n) is 2.93. The molecule has 2 heterocycles. The highest BCUT2D eigenvalue weighted by molar-refractivity contribution is 7.15. The van der Waals surface area contributed by atoms with E-state index in [2.05, 4.69) is 0 Å². The summed E-state index contributed by atoms with van der Waals surface area (Å²) in [6.45, 7) is 0. The van der Waals surface area contributed by atoms with Gasteiger partial charge in [0.05, 0.1) is 0 Å². The molecule has 3 heteroatoms. The molecule has 50 valence electrons. The number of rotatable bonds is 0. The van der Waals surface area contributed by atoms with E-state index in [9.17, 15) is 4.79 Å². The van der Waals surface area contributed by atoms with Crippen molar-refractivity contribution >= 4 is 16.2 Å². The quantitative estimate of drug-likeness (QED) is 0.557. The first kappa shape index (κ1) is 5.68. The zero-order valence-electron chi connectivity index (χ0n) is 5.15. The molecule has 0 unspecified atom stereocenters. The van der Waals surface area contributed by atoms with Gasteiger partial charge >= 0.3 is 0 Å². The fourth-order valence-electron chi connectivity index (χ4n) is 0.886. The van der Waals surface area contributed by atoms with Crippen LogP contribution in [-0.2, 0) is 0 Å². The van der Waals surface area contributed by atoms with Crippen molar-refractivity contribution in [3.63, 3.8) is 0 Å². The van der Waals surface area contributed by atoms with E-state index in [-0.39, 0.29) is 5.56 Å². The van der Waals surface area contributed by atoms with Crippen LogP contribution < -0.4 is 5.56 Å². The van der Waals surface area contributed by atoms with Crippen molar-refractivity contribution < 1.29 is 0 Å². The fourth-order valence-corrected chi connectivity index (χ4v) is 1.63. The lowest BCUT2D eigenvalue weighted by atomic mass is 10.5. The van der Waals surface area contributed by atoms with Gasteiger partial charge in [-0.3, -0.25) is 9.20 Å². The second-order valence-corrected chi connectivity index (χ2v) is 2.90. The molecule has 10 heavy (non-hydrogen) atoms. The summed E-state index contributed by atoms with van der Waals surface area (Å²) < 4.78 is 1.63. The van der Waals surface area contributed by atoms with Crippen molar-refractivity contribution in [2.45, 2.75) is 0 Å². The summed E-state index contributed by atoms with van der Waals surface area (Å²) >= 11 is 1.56. The van der Waals surface area contributed by atoms with Crippen molar-refractivity contribution in [3.05, 3.63) is 40.1 Å². The summed E-state index contributed by atoms with van der Waals surface area (Å²) in [7, 11) is 0. The van der Waals surface area contributed by atoms with Crippen molar-refractivity contribution in [1.82, 2.24) is 4.40 Å². The highest BCUT2D eigenvalue weighted by atomic mass is 32.1.